The van der Waals surface area contributed by atoms with Gasteiger partial charge in [-0.05, 0) is 36.5 Å². The van der Waals surface area contributed by atoms with Crippen molar-refractivity contribution in [1.29, 1.82) is 0 Å². The van der Waals surface area contributed by atoms with Gasteiger partial charge in [-0.25, -0.2) is 0 Å². The monoisotopic (exact) mass is 190 g/mol. The molecule has 0 spiro atoms. The van der Waals surface area contributed by atoms with Crippen molar-refractivity contribution in [2.45, 2.75) is 57.6 Å². The Morgan fingerprint density at radius 1 is 1.21 bits per heavy atom. The fourth-order valence-corrected chi connectivity index (χ4v) is 4.17. The second kappa shape index (κ2) is 3.94. The van der Waals surface area contributed by atoms with Crippen LogP contribution in [0, 0.1) is 17.3 Å². The summed E-state index contributed by atoms with van der Waals surface area (Å²) < 4.78 is 0. The number of hydrogen-bond donors (Lipinski definition) is 0. The lowest BCUT2D eigenvalue weighted by molar-refractivity contribution is 0.0597. The van der Waals surface area contributed by atoms with Crippen molar-refractivity contribution in [3.8, 4) is 0 Å². The highest BCUT2D eigenvalue weighted by Crippen LogP contribution is 2.54. The average molecular weight is 190 g/mol. The van der Waals surface area contributed by atoms with Crippen LogP contribution in [0.5, 0.6) is 0 Å². The number of fused-ring (bicyclic) bond motifs is 2. The molecule has 2 aliphatic rings. The second-order valence-electron chi connectivity index (χ2n) is 6.18. The minimum absolute atomic E-state index is 0.716. The lowest BCUT2D eigenvalue weighted by atomic mass is 9.46. The molecule has 14 heavy (non-hydrogen) atoms. The molecule has 0 amide bonds. The van der Waals surface area contributed by atoms with Crippen molar-refractivity contribution >= 4 is 15.7 Å². The van der Waals surface area contributed by atoms with E-state index in [9.17, 15) is 0 Å². The number of hydrogen-bond acceptors (Lipinski definition) is 0. The Hall–Kier alpha value is 0.130. The Balaban J connectivity index is 2.12. The molecule has 2 bridgehead atoms. The molecule has 2 saturated carbocycles. The van der Waals surface area contributed by atoms with E-state index >= 15 is 0 Å². The molecule has 78 valence electrons. The van der Waals surface area contributed by atoms with Gasteiger partial charge in [-0.3, -0.25) is 0 Å². The summed E-state index contributed by atoms with van der Waals surface area (Å²) in [5.41, 5.74) is 1.62. The van der Waals surface area contributed by atoms with Crippen molar-refractivity contribution in [3.63, 3.8) is 0 Å². The lowest BCUT2D eigenvalue weighted by Gasteiger charge is -2.50. The normalized spacial score (nSPS) is 42.7. The molecular weight excluding hydrogens is 166 g/mol. The van der Waals surface area contributed by atoms with Gasteiger partial charge in [0.1, 0.15) is 0 Å². The van der Waals surface area contributed by atoms with E-state index in [0.717, 1.165) is 17.6 Å². The van der Waals surface area contributed by atoms with Crippen LogP contribution < -0.4 is 0 Å². The first-order valence-electron chi connectivity index (χ1n) is 6.66. The SMILES string of the molecule is BC(B)C1(CC)CC2CCCC(C2)C1. The van der Waals surface area contributed by atoms with Crippen LogP contribution in [0.4, 0.5) is 0 Å². The third-order valence-corrected chi connectivity index (χ3v) is 5.21. The van der Waals surface area contributed by atoms with Gasteiger partial charge >= 0.3 is 0 Å². The standard InChI is InChI=1S/C12H24B2/c1-2-12(11(13)14)7-9-4-3-5-10(6-9)8-12/h9-11H,2-8,13-14H2,1H3. The molecular formula is C12H24B2. The van der Waals surface area contributed by atoms with Gasteiger partial charge in [0, 0.05) is 0 Å². The zero-order chi connectivity index (χ0) is 10.2. The fourth-order valence-electron chi connectivity index (χ4n) is 4.17. The molecule has 2 aliphatic carbocycles. The van der Waals surface area contributed by atoms with Crippen LogP contribution in [0.15, 0.2) is 0 Å². The maximum absolute atomic E-state index is 2.45. The molecule has 2 atom stereocenters. The van der Waals surface area contributed by atoms with Gasteiger partial charge < -0.3 is 0 Å². The summed E-state index contributed by atoms with van der Waals surface area (Å²) >= 11 is 0. The molecule has 2 rings (SSSR count). The van der Waals surface area contributed by atoms with Crippen LogP contribution in [0.2, 0.25) is 5.72 Å². The summed E-state index contributed by atoms with van der Waals surface area (Å²) in [4.78, 5) is 0. The molecule has 0 N–H and O–H groups in total. The Kier molecular flexibility index (Phi) is 3.00. The van der Waals surface area contributed by atoms with E-state index in [1.807, 2.05) is 0 Å². The summed E-state index contributed by atoms with van der Waals surface area (Å²) in [6.07, 6.45) is 10.6. The van der Waals surface area contributed by atoms with Crippen LogP contribution in [-0.2, 0) is 0 Å². The third kappa shape index (κ3) is 1.77. The van der Waals surface area contributed by atoms with Gasteiger partial charge in [-0.1, -0.05) is 38.3 Å². The summed E-state index contributed by atoms with van der Waals surface area (Å²) in [7, 11) is 4.90. The molecule has 0 radical (unpaired) electrons. The van der Waals surface area contributed by atoms with E-state index in [4.69, 9.17) is 0 Å². The summed E-state index contributed by atoms with van der Waals surface area (Å²) in [6.45, 7) is 2.42. The molecule has 0 aliphatic heterocycles. The average Bonchev–Trinajstić information content (AvgIpc) is 2.16. The van der Waals surface area contributed by atoms with Crippen LogP contribution in [0.1, 0.15) is 51.9 Å². The van der Waals surface area contributed by atoms with Crippen LogP contribution in [0.25, 0.3) is 0 Å². The largest absolute Gasteiger partial charge is 0.0963 e. The second-order valence-corrected chi connectivity index (χ2v) is 6.18. The van der Waals surface area contributed by atoms with Crippen LogP contribution in [0.3, 0.4) is 0 Å². The minimum atomic E-state index is 0.716. The molecule has 0 heterocycles. The van der Waals surface area contributed by atoms with Gasteiger partial charge in [0.05, 0.1) is 15.7 Å². The van der Waals surface area contributed by atoms with Gasteiger partial charge in [-0.15, -0.1) is 0 Å². The fraction of sp³-hybridized carbons (Fsp3) is 1.00. The number of rotatable bonds is 2. The highest BCUT2D eigenvalue weighted by Gasteiger charge is 2.42. The van der Waals surface area contributed by atoms with Gasteiger partial charge in [-0.2, -0.15) is 0 Å². The van der Waals surface area contributed by atoms with E-state index in [0.29, 0.717) is 5.41 Å². The minimum Gasteiger partial charge on any atom is -0.0904 e. The topological polar surface area (TPSA) is 0 Å². The van der Waals surface area contributed by atoms with E-state index in [1.165, 1.54) is 38.5 Å². The molecule has 2 fully saturated rings. The highest BCUT2D eigenvalue weighted by molar-refractivity contribution is 6.36. The smallest absolute Gasteiger partial charge is 0.0904 e. The van der Waals surface area contributed by atoms with Crippen molar-refractivity contribution in [3.05, 3.63) is 0 Å². The van der Waals surface area contributed by atoms with Crippen molar-refractivity contribution < 1.29 is 0 Å². The first-order chi connectivity index (χ1) is 6.66. The van der Waals surface area contributed by atoms with E-state index in [2.05, 4.69) is 22.6 Å². The van der Waals surface area contributed by atoms with E-state index < -0.39 is 0 Å². The van der Waals surface area contributed by atoms with Crippen molar-refractivity contribution in [2.75, 3.05) is 0 Å². The summed E-state index contributed by atoms with van der Waals surface area (Å²) in [5, 5.41) is 0. The Morgan fingerprint density at radius 3 is 2.21 bits per heavy atom. The Labute approximate surface area is 91.0 Å². The first kappa shape index (κ1) is 10.6. The predicted molar refractivity (Wildman–Crippen MR) is 68.2 cm³/mol. The Morgan fingerprint density at radius 2 is 1.79 bits per heavy atom. The molecule has 0 aromatic heterocycles. The summed E-state index contributed by atoms with van der Waals surface area (Å²) in [6, 6.07) is 0. The zero-order valence-corrected chi connectivity index (χ0v) is 10.2. The van der Waals surface area contributed by atoms with Crippen LogP contribution in [-0.4, -0.2) is 15.7 Å². The maximum Gasteiger partial charge on any atom is 0.0963 e. The molecule has 2 heteroatoms. The van der Waals surface area contributed by atoms with Crippen molar-refractivity contribution in [2.24, 2.45) is 17.3 Å². The lowest BCUT2D eigenvalue weighted by Crippen LogP contribution is -2.38. The van der Waals surface area contributed by atoms with E-state index in [-0.39, 0.29) is 0 Å². The maximum atomic E-state index is 2.45. The van der Waals surface area contributed by atoms with Gasteiger partial charge in [0.15, 0.2) is 0 Å². The quantitative estimate of drug-likeness (QED) is 0.584. The molecule has 0 aromatic carbocycles. The van der Waals surface area contributed by atoms with Gasteiger partial charge in [0.25, 0.3) is 0 Å². The van der Waals surface area contributed by atoms with Crippen LogP contribution >= 0.6 is 0 Å². The zero-order valence-electron chi connectivity index (χ0n) is 10.2. The predicted octanol–water partition coefficient (Wildman–Crippen LogP) is 2.00. The molecule has 0 saturated heterocycles. The van der Waals surface area contributed by atoms with Crippen molar-refractivity contribution in [1.82, 2.24) is 0 Å². The molecule has 0 aromatic rings. The first-order valence-corrected chi connectivity index (χ1v) is 6.66. The third-order valence-electron chi connectivity index (χ3n) is 5.21. The molecule has 2 unspecified atom stereocenters. The van der Waals surface area contributed by atoms with Gasteiger partial charge in [0.2, 0.25) is 0 Å². The molecule has 0 nitrogen and oxygen atoms in total. The Bertz CT molecular complexity index is 188. The highest BCUT2D eigenvalue weighted by atomic mass is 14.5. The van der Waals surface area contributed by atoms with E-state index in [1.54, 1.807) is 6.42 Å². The summed E-state index contributed by atoms with van der Waals surface area (Å²) in [5.74, 6) is 2.18.